The van der Waals surface area contributed by atoms with Crippen LogP contribution in [0.2, 0.25) is 0 Å². The van der Waals surface area contributed by atoms with Crippen LogP contribution in [0, 0.1) is 11.3 Å². The van der Waals surface area contributed by atoms with Crippen molar-refractivity contribution >= 4 is 17.9 Å². The van der Waals surface area contributed by atoms with Crippen LogP contribution in [0.1, 0.15) is 37.8 Å². The quantitative estimate of drug-likeness (QED) is 0.486. The van der Waals surface area contributed by atoms with E-state index >= 15 is 0 Å². The smallest absolute Gasteiger partial charge is 0.326 e. The van der Waals surface area contributed by atoms with E-state index < -0.39 is 30.0 Å². The number of esters is 1. The van der Waals surface area contributed by atoms with Gasteiger partial charge >= 0.3 is 12.0 Å². The van der Waals surface area contributed by atoms with E-state index in [1.54, 1.807) is 31.2 Å². The summed E-state index contributed by atoms with van der Waals surface area (Å²) in [5.74, 6) is -1.17. The van der Waals surface area contributed by atoms with Gasteiger partial charge in [-0.25, -0.2) is 4.79 Å². The Morgan fingerprint density at radius 1 is 1.42 bits per heavy atom. The molecule has 1 aliphatic rings. The number of hydrogen-bond donors (Lipinski definition) is 1. The first-order valence-corrected chi connectivity index (χ1v) is 7.72. The van der Waals surface area contributed by atoms with Crippen LogP contribution in [0.5, 0.6) is 0 Å². The molecule has 1 saturated heterocycles. The van der Waals surface area contributed by atoms with E-state index in [0.717, 1.165) is 17.7 Å². The van der Waals surface area contributed by atoms with Gasteiger partial charge in [0.1, 0.15) is 12.1 Å². The third-order valence-electron chi connectivity index (χ3n) is 3.89. The number of carbonyl (C=O) groups is 3. The maximum absolute atomic E-state index is 12.7. The average Bonchev–Trinajstić information content (AvgIpc) is 2.79. The van der Waals surface area contributed by atoms with Crippen molar-refractivity contribution in [1.29, 1.82) is 5.26 Å². The van der Waals surface area contributed by atoms with E-state index in [4.69, 9.17) is 10.00 Å². The minimum absolute atomic E-state index is 0.264. The lowest BCUT2D eigenvalue weighted by Crippen LogP contribution is -2.41. The Morgan fingerprint density at radius 2 is 2.17 bits per heavy atom. The lowest BCUT2D eigenvalue weighted by molar-refractivity contribution is -0.147. The highest BCUT2D eigenvalue weighted by molar-refractivity contribution is 6.08. The highest BCUT2D eigenvalue weighted by atomic mass is 16.5. The Balaban J connectivity index is 2.15. The maximum Gasteiger partial charge on any atom is 0.326 e. The zero-order chi connectivity index (χ0) is 17.7. The SMILES string of the molecule is CCCCOC(=O)CN1C(=O)NC(C)(c2cccc(C#N)c2)C1=O. The fraction of sp³-hybridized carbons (Fsp3) is 0.412. The number of urea groups is 1. The largest absolute Gasteiger partial charge is 0.464 e. The molecule has 0 spiro atoms. The van der Waals surface area contributed by atoms with E-state index in [1.807, 2.05) is 13.0 Å². The monoisotopic (exact) mass is 329 g/mol. The molecule has 1 fully saturated rings. The highest BCUT2D eigenvalue weighted by Crippen LogP contribution is 2.29. The standard InChI is InChI=1S/C17H19N3O4/c1-3-4-8-24-14(21)11-20-15(22)17(2,19-16(20)23)13-7-5-6-12(9-13)10-18/h5-7,9H,3-4,8,11H2,1-2H3,(H,19,23). The number of nitrogens with one attached hydrogen (secondary N) is 1. The van der Waals surface area contributed by atoms with Gasteiger partial charge in [-0.1, -0.05) is 25.5 Å². The van der Waals surface area contributed by atoms with E-state index in [9.17, 15) is 14.4 Å². The van der Waals surface area contributed by atoms with Crippen molar-refractivity contribution < 1.29 is 19.1 Å². The van der Waals surface area contributed by atoms with Gasteiger partial charge in [-0.15, -0.1) is 0 Å². The summed E-state index contributed by atoms with van der Waals surface area (Å²) >= 11 is 0. The normalized spacial score (nSPS) is 19.8. The zero-order valence-electron chi connectivity index (χ0n) is 13.7. The second-order valence-corrected chi connectivity index (χ2v) is 5.71. The van der Waals surface area contributed by atoms with Gasteiger partial charge in [-0.3, -0.25) is 14.5 Å². The number of benzene rings is 1. The van der Waals surface area contributed by atoms with Crippen LogP contribution in [0.25, 0.3) is 0 Å². The summed E-state index contributed by atoms with van der Waals surface area (Å²) in [5.41, 5.74) is -0.442. The van der Waals surface area contributed by atoms with Crippen LogP contribution in [-0.4, -0.2) is 36.0 Å². The number of unbranched alkanes of at least 4 members (excludes halogenated alkanes) is 1. The molecule has 1 aromatic carbocycles. The first-order valence-electron chi connectivity index (χ1n) is 7.72. The van der Waals surface area contributed by atoms with Crippen LogP contribution in [0.15, 0.2) is 24.3 Å². The molecule has 0 aliphatic carbocycles. The number of carbonyl (C=O) groups excluding carboxylic acids is 3. The van der Waals surface area contributed by atoms with Crippen LogP contribution >= 0.6 is 0 Å². The molecule has 0 bridgehead atoms. The predicted octanol–water partition coefficient (Wildman–Crippen LogP) is 1.67. The van der Waals surface area contributed by atoms with Gasteiger partial charge in [0, 0.05) is 0 Å². The second-order valence-electron chi connectivity index (χ2n) is 5.71. The van der Waals surface area contributed by atoms with Gasteiger partial charge in [0.25, 0.3) is 5.91 Å². The number of nitriles is 1. The van der Waals surface area contributed by atoms with Crippen molar-refractivity contribution in [3.05, 3.63) is 35.4 Å². The molecule has 0 saturated carbocycles. The summed E-state index contributed by atoms with van der Waals surface area (Å²) < 4.78 is 5.00. The van der Waals surface area contributed by atoms with E-state index in [2.05, 4.69) is 5.32 Å². The van der Waals surface area contributed by atoms with Gasteiger partial charge in [-0.05, 0) is 31.0 Å². The first-order chi connectivity index (χ1) is 11.4. The van der Waals surface area contributed by atoms with Crippen LogP contribution in [-0.2, 0) is 19.9 Å². The summed E-state index contributed by atoms with van der Waals surface area (Å²) in [6, 6.07) is 7.78. The number of ether oxygens (including phenoxy) is 1. The summed E-state index contributed by atoms with van der Waals surface area (Å²) in [4.78, 5) is 37.4. The molecule has 0 aromatic heterocycles. The van der Waals surface area contributed by atoms with Gasteiger partial charge in [0.05, 0.1) is 18.2 Å². The van der Waals surface area contributed by atoms with Crippen molar-refractivity contribution in [2.45, 2.75) is 32.2 Å². The molecule has 1 N–H and O–H groups in total. The molecule has 126 valence electrons. The Labute approximate surface area is 140 Å². The van der Waals surface area contributed by atoms with Crippen LogP contribution in [0.3, 0.4) is 0 Å². The number of rotatable bonds is 6. The lowest BCUT2D eigenvalue weighted by atomic mass is 9.91. The molecule has 7 nitrogen and oxygen atoms in total. The van der Waals surface area contributed by atoms with Gasteiger partial charge < -0.3 is 10.1 Å². The third-order valence-corrected chi connectivity index (χ3v) is 3.89. The number of imide groups is 1. The van der Waals surface area contributed by atoms with E-state index in [1.165, 1.54) is 0 Å². The Bertz CT molecular complexity index is 710. The van der Waals surface area contributed by atoms with Crippen molar-refractivity contribution in [2.24, 2.45) is 0 Å². The van der Waals surface area contributed by atoms with Gasteiger partial charge in [0.15, 0.2) is 0 Å². The minimum atomic E-state index is -1.31. The molecule has 1 aromatic rings. The van der Waals surface area contributed by atoms with Crippen molar-refractivity contribution in [1.82, 2.24) is 10.2 Å². The van der Waals surface area contributed by atoms with Crippen molar-refractivity contribution in [3.8, 4) is 6.07 Å². The third kappa shape index (κ3) is 3.38. The Hall–Kier alpha value is -2.88. The summed E-state index contributed by atoms with van der Waals surface area (Å²) in [6.07, 6.45) is 1.61. The topological polar surface area (TPSA) is 99.5 Å². The van der Waals surface area contributed by atoms with Crippen molar-refractivity contribution in [2.75, 3.05) is 13.2 Å². The second kappa shape index (κ2) is 7.13. The summed E-state index contributed by atoms with van der Waals surface area (Å²) in [6.45, 7) is 3.35. The Morgan fingerprint density at radius 3 is 2.83 bits per heavy atom. The molecule has 0 radical (unpaired) electrons. The molecule has 1 unspecified atom stereocenters. The zero-order valence-corrected chi connectivity index (χ0v) is 13.7. The number of hydrogen-bond acceptors (Lipinski definition) is 5. The summed E-state index contributed by atoms with van der Waals surface area (Å²) in [7, 11) is 0. The van der Waals surface area contributed by atoms with Gasteiger partial charge in [-0.2, -0.15) is 5.26 Å². The Kier molecular flexibility index (Phi) is 5.19. The van der Waals surface area contributed by atoms with Gasteiger partial charge in [0.2, 0.25) is 0 Å². The number of nitrogens with zero attached hydrogens (tertiary/aromatic N) is 2. The molecule has 2 rings (SSSR count). The predicted molar refractivity (Wildman–Crippen MR) is 84.6 cm³/mol. The van der Waals surface area contributed by atoms with Crippen LogP contribution in [0.4, 0.5) is 4.79 Å². The molecule has 1 atom stereocenters. The van der Waals surface area contributed by atoms with Crippen LogP contribution < -0.4 is 5.32 Å². The van der Waals surface area contributed by atoms with E-state index in [-0.39, 0.29) is 6.61 Å². The molecule has 1 aliphatic heterocycles. The van der Waals surface area contributed by atoms with E-state index in [0.29, 0.717) is 11.1 Å². The molecule has 24 heavy (non-hydrogen) atoms. The molecular weight excluding hydrogens is 310 g/mol. The fourth-order valence-corrected chi connectivity index (χ4v) is 2.44. The fourth-order valence-electron chi connectivity index (χ4n) is 2.44. The molecule has 7 heteroatoms. The highest BCUT2D eigenvalue weighted by Gasteiger charge is 2.49. The number of amides is 3. The lowest BCUT2D eigenvalue weighted by Gasteiger charge is -2.22. The maximum atomic E-state index is 12.7. The molecule has 3 amide bonds. The molecular formula is C17H19N3O4. The minimum Gasteiger partial charge on any atom is -0.464 e. The summed E-state index contributed by atoms with van der Waals surface area (Å²) in [5, 5.41) is 11.6. The molecule has 1 heterocycles. The first kappa shape index (κ1) is 17.5. The van der Waals surface area contributed by atoms with Crippen molar-refractivity contribution in [3.63, 3.8) is 0 Å². The average molecular weight is 329 g/mol.